The van der Waals surface area contributed by atoms with Crippen molar-refractivity contribution in [2.75, 3.05) is 20.2 Å². The van der Waals surface area contributed by atoms with E-state index in [9.17, 15) is 9.59 Å². The van der Waals surface area contributed by atoms with Crippen LogP contribution in [0.5, 0.6) is 5.75 Å². The summed E-state index contributed by atoms with van der Waals surface area (Å²) in [5.41, 5.74) is 9.80. The van der Waals surface area contributed by atoms with Crippen LogP contribution in [-0.2, 0) is 11.3 Å². The van der Waals surface area contributed by atoms with Gasteiger partial charge in [-0.05, 0) is 32.8 Å². The Hall–Kier alpha value is -2.76. The van der Waals surface area contributed by atoms with Gasteiger partial charge in [0.2, 0.25) is 5.91 Å². The van der Waals surface area contributed by atoms with E-state index < -0.39 is 5.91 Å². The molecular weight excluding hydrogens is 342 g/mol. The molecule has 0 unspecified atom stereocenters. The van der Waals surface area contributed by atoms with Gasteiger partial charge < -0.3 is 19.9 Å². The maximum absolute atomic E-state index is 12.2. The number of carbonyl (C=O) groups excluding carboxylic acids is 2. The third-order valence-electron chi connectivity index (χ3n) is 5.39. The van der Waals surface area contributed by atoms with Crippen LogP contribution in [0.2, 0.25) is 0 Å². The first-order chi connectivity index (χ1) is 13.0. The Morgan fingerprint density at radius 3 is 2.56 bits per heavy atom. The van der Waals surface area contributed by atoms with Crippen molar-refractivity contribution in [2.45, 2.75) is 39.7 Å². The second-order valence-electron chi connectivity index (χ2n) is 6.97. The Bertz CT molecular complexity index is 870. The van der Waals surface area contributed by atoms with E-state index in [0.29, 0.717) is 17.7 Å². The SMILES string of the molecule is COc1ccccc1-c1c(C(N)=O)c(C)n(CCCN2CCCC2=O)c1C. The molecule has 2 amide bonds. The van der Waals surface area contributed by atoms with Crippen LogP contribution >= 0.6 is 0 Å². The molecule has 0 aliphatic carbocycles. The number of nitrogens with zero attached hydrogens (tertiary/aromatic N) is 2. The maximum Gasteiger partial charge on any atom is 0.251 e. The minimum Gasteiger partial charge on any atom is -0.496 e. The molecule has 2 heterocycles. The van der Waals surface area contributed by atoms with Crippen LogP contribution in [0.3, 0.4) is 0 Å². The number of nitrogens with two attached hydrogens (primary N) is 1. The quantitative estimate of drug-likeness (QED) is 0.815. The van der Waals surface area contributed by atoms with Crippen LogP contribution in [0, 0.1) is 13.8 Å². The average Bonchev–Trinajstić information content (AvgIpc) is 3.17. The minimum atomic E-state index is -0.440. The Kier molecular flexibility index (Phi) is 5.54. The highest BCUT2D eigenvalue weighted by molar-refractivity contribution is 6.02. The van der Waals surface area contributed by atoms with Gasteiger partial charge in [-0.3, -0.25) is 9.59 Å². The van der Waals surface area contributed by atoms with Gasteiger partial charge in [-0.1, -0.05) is 18.2 Å². The molecule has 2 N–H and O–H groups in total. The first kappa shape index (κ1) is 19.0. The number of likely N-dealkylation sites (tertiary alicyclic amines) is 1. The molecule has 144 valence electrons. The van der Waals surface area contributed by atoms with Gasteiger partial charge in [0.1, 0.15) is 5.75 Å². The number of amides is 2. The molecule has 1 aliphatic rings. The Labute approximate surface area is 159 Å². The lowest BCUT2D eigenvalue weighted by atomic mass is 9.99. The highest BCUT2D eigenvalue weighted by atomic mass is 16.5. The molecule has 1 fully saturated rings. The van der Waals surface area contributed by atoms with Gasteiger partial charge in [0, 0.05) is 48.6 Å². The van der Waals surface area contributed by atoms with E-state index in [1.165, 1.54) is 0 Å². The normalized spacial score (nSPS) is 14.0. The number of hydrogen-bond donors (Lipinski definition) is 1. The van der Waals surface area contributed by atoms with E-state index in [0.717, 1.165) is 55.0 Å². The van der Waals surface area contributed by atoms with Crippen LogP contribution in [0.1, 0.15) is 41.0 Å². The largest absolute Gasteiger partial charge is 0.496 e. The molecule has 0 spiro atoms. The van der Waals surface area contributed by atoms with E-state index in [1.807, 2.05) is 43.0 Å². The molecule has 1 aliphatic heterocycles. The zero-order valence-corrected chi connectivity index (χ0v) is 16.2. The van der Waals surface area contributed by atoms with Crippen molar-refractivity contribution in [3.05, 3.63) is 41.2 Å². The van der Waals surface area contributed by atoms with Gasteiger partial charge >= 0.3 is 0 Å². The number of ether oxygens (including phenoxy) is 1. The molecule has 3 rings (SSSR count). The molecular formula is C21H27N3O3. The topological polar surface area (TPSA) is 77.6 Å². The van der Waals surface area contributed by atoms with E-state index in [4.69, 9.17) is 10.5 Å². The van der Waals surface area contributed by atoms with E-state index >= 15 is 0 Å². The summed E-state index contributed by atoms with van der Waals surface area (Å²) >= 11 is 0. The van der Waals surface area contributed by atoms with Crippen molar-refractivity contribution in [1.29, 1.82) is 0 Å². The van der Waals surface area contributed by atoms with Gasteiger partial charge in [-0.15, -0.1) is 0 Å². The molecule has 1 saturated heterocycles. The molecule has 1 aromatic heterocycles. The fraction of sp³-hybridized carbons (Fsp3) is 0.429. The molecule has 27 heavy (non-hydrogen) atoms. The zero-order chi connectivity index (χ0) is 19.6. The minimum absolute atomic E-state index is 0.239. The molecule has 0 atom stereocenters. The summed E-state index contributed by atoms with van der Waals surface area (Å²) in [5, 5.41) is 0. The molecule has 2 aromatic rings. The van der Waals surface area contributed by atoms with Gasteiger partial charge in [0.25, 0.3) is 5.91 Å². The van der Waals surface area contributed by atoms with Crippen molar-refractivity contribution in [1.82, 2.24) is 9.47 Å². The Balaban J connectivity index is 1.94. The molecule has 0 radical (unpaired) electrons. The Morgan fingerprint density at radius 2 is 1.93 bits per heavy atom. The molecule has 6 heteroatoms. The van der Waals surface area contributed by atoms with E-state index in [2.05, 4.69) is 4.57 Å². The molecule has 6 nitrogen and oxygen atoms in total. The fourth-order valence-electron chi connectivity index (χ4n) is 4.06. The maximum atomic E-state index is 12.2. The summed E-state index contributed by atoms with van der Waals surface area (Å²) in [4.78, 5) is 25.9. The third-order valence-corrected chi connectivity index (χ3v) is 5.39. The summed E-state index contributed by atoms with van der Waals surface area (Å²) in [7, 11) is 1.62. The lowest BCUT2D eigenvalue weighted by Gasteiger charge is -2.17. The number of hydrogen-bond acceptors (Lipinski definition) is 3. The number of primary amides is 1. The lowest BCUT2D eigenvalue weighted by Crippen LogP contribution is -2.26. The average molecular weight is 369 g/mol. The molecule has 1 aromatic carbocycles. The fourth-order valence-corrected chi connectivity index (χ4v) is 4.06. The first-order valence-electron chi connectivity index (χ1n) is 9.36. The van der Waals surface area contributed by atoms with Gasteiger partial charge in [-0.2, -0.15) is 0 Å². The highest BCUT2D eigenvalue weighted by Gasteiger charge is 2.25. The third kappa shape index (κ3) is 3.56. The summed E-state index contributed by atoms with van der Waals surface area (Å²) in [6.45, 7) is 6.25. The lowest BCUT2D eigenvalue weighted by molar-refractivity contribution is -0.127. The standard InChI is InChI=1S/C21H27N3O3/c1-14-19(16-8-4-5-9-17(16)27-3)20(21(22)26)15(2)24(14)13-7-12-23-11-6-10-18(23)25/h4-5,8-9H,6-7,10-13H2,1-3H3,(H2,22,26). The van der Waals surface area contributed by atoms with Crippen LogP contribution in [-0.4, -0.2) is 41.5 Å². The number of methoxy groups -OCH3 is 1. The van der Waals surface area contributed by atoms with Crippen molar-refractivity contribution in [3.63, 3.8) is 0 Å². The van der Waals surface area contributed by atoms with E-state index in [-0.39, 0.29) is 5.91 Å². The molecule has 0 saturated carbocycles. The zero-order valence-electron chi connectivity index (χ0n) is 16.2. The van der Waals surface area contributed by atoms with Gasteiger partial charge in [0.15, 0.2) is 0 Å². The summed E-state index contributed by atoms with van der Waals surface area (Å²) < 4.78 is 7.62. The first-order valence-corrected chi connectivity index (χ1v) is 9.36. The predicted octanol–water partition coefficient (Wildman–Crippen LogP) is 2.89. The Morgan fingerprint density at radius 1 is 1.19 bits per heavy atom. The van der Waals surface area contributed by atoms with Gasteiger partial charge in [-0.25, -0.2) is 0 Å². The second kappa shape index (κ2) is 7.86. The van der Waals surface area contributed by atoms with E-state index in [1.54, 1.807) is 7.11 Å². The van der Waals surface area contributed by atoms with Crippen molar-refractivity contribution in [2.24, 2.45) is 5.73 Å². The number of carbonyl (C=O) groups is 2. The predicted molar refractivity (Wildman–Crippen MR) is 105 cm³/mol. The summed E-state index contributed by atoms with van der Waals surface area (Å²) in [6.07, 6.45) is 2.45. The number of benzene rings is 1. The number of aromatic nitrogens is 1. The van der Waals surface area contributed by atoms with Crippen LogP contribution in [0.15, 0.2) is 24.3 Å². The smallest absolute Gasteiger partial charge is 0.251 e. The molecule has 0 bridgehead atoms. The number of rotatable bonds is 7. The highest BCUT2D eigenvalue weighted by Crippen LogP contribution is 2.37. The van der Waals surface area contributed by atoms with Crippen LogP contribution in [0.4, 0.5) is 0 Å². The monoisotopic (exact) mass is 369 g/mol. The van der Waals surface area contributed by atoms with Crippen LogP contribution in [0.25, 0.3) is 11.1 Å². The second-order valence-corrected chi connectivity index (χ2v) is 6.97. The van der Waals surface area contributed by atoms with Gasteiger partial charge in [0.05, 0.1) is 12.7 Å². The van der Waals surface area contributed by atoms with Crippen molar-refractivity contribution in [3.8, 4) is 16.9 Å². The van der Waals surface area contributed by atoms with Crippen molar-refractivity contribution < 1.29 is 14.3 Å². The summed E-state index contributed by atoms with van der Waals surface area (Å²) in [6, 6.07) is 7.65. The summed E-state index contributed by atoms with van der Waals surface area (Å²) in [5.74, 6) is 0.511. The number of para-hydroxylation sites is 1. The van der Waals surface area contributed by atoms with Crippen molar-refractivity contribution >= 4 is 11.8 Å². The van der Waals surface area contributed by atoms with Crippen LogP contribution < -0.4 is 10.5 Å².